The second-order valence-electron chi connectivity index (χ2n) is 7.04. The summed E-state index contributed by atoms with van der Waals surface area (Å²) in [5, 5.41) is 12.3. The zero-order chi connectivity index (χ0) is 15.9. The summed E-state index contributed by atoms with van der Waals surface area (Å²) < 4.78 is 0. The lowest BCUT2D eigenvalue weighted by Crippen LogP contribution is -2.31. The molecule has 0 bridgehead atoms. The van der Waals surface area contributed by atoms with Gasteiger partial charge in [0.25, 0.3) is 0 Å². The van der Waals surface area contributed by atoms with Crippen LogP contribution in [-0.2, 0) is 4.79 Å². The molecule has 0 aliphatic heterocycles. The van der Waals surface area contributed by atoms with Gasteiger partial charge in [-0.15, -0.1) is 0 Å². The van der Waals surface area contributed by atoms with Crippen molar-refractivity contribution in [2.24, 2.45) is 29.6 Å². The van der Waals surface area contributed by atoms with E-state index in [0.29, 0.717) is 17.8 Å². The summed E-state index contributed by atoms with van der Waals surface area (Å²) >= 11 is 0. The Bertz CT molecular complexity index is 276. The average Bonchev–Trinajstić information content (AvgIpc) is 2.36. The summed E-state index contributed by atoms with van der Waals surface area (Å²) in [5.41, 5.74) is 0. The van der Waals surface area contributed by atoms with Crippen LogP contribution in [0.5, 0.6) is 0 Å². The van der Waals surface area contributed by atoms with Crippen LogP contribution in [0.2, 0.25) is 0 Å². The van der Waals surface area contributed by atoms with E-state index in [0.717, 1.165) is 12.3 Å². The number of nitrogens with one attached hydrogen (secondary N) is 1. The monoisotopic (exact) mass is 285 g/mol. The first-order chi connectivity index (χ1) is 9.20. The molecule has 0 saturated heterocycles. The zero-order valence-corrected chi connectivity index (χ0v) is 14.4. The smallest absolute Gasteiger partial charge is 0.222 e. The largest absolute Gasteiger partial charge is 0.393 e. The molecule has 1 aliphatic carbocycles. The fourth-order valence-electron chi connectivity index (χ4n) is 2.68. The molecule has 120 valence electrons. The van der Waals surface area contributed by atoms with E-state index < -0.39 is 0 Å². The molecule has 1 rings (SSSR count). The molecule has 4 unspecified atom stereocenters. The first-order valence-electron chi connectivity index (χ1n) is 8.10. The van der Waals surface area contributed by atoms with E-state index >= 15 is 0 Å². The van der Waals surface area contributed by atoms with Crippen LogP contribution < -0.4 is 5.32 Å². The standard InChI is InChI=1S/C10H20O.C7H15NO/c1-7(2)9-5-4-8(3)6-10(9)11;1-5(2)6(3)7(9)8-4/h7-11H,4-6H2,1-3H3;5-6H,1-4H3,(H,8,9). The van der Waals surface area contributed by atoms with Crippen LogP contribution in [0.4, 0.5) is 0 Å². The van der Waals surface area contributed by atoms with Crippen LogP contribution in [0.25, 0.3) is 0 Å². The minimum atomic E-state index is -0.0289. The Labute approximate surface area is 125 Å². The van der Waals surface area contributed by atoms with E-state index in [4.69, 9.17) is 0 Å². The normalized spacial score (nSPS) is 27.8. The van der Waals surface area contributed by atoms with Crippen LogP contribution in [0.1, 0.15) is 60.8 Å². The van der Waals surface area contributed by atoms with Gasteiger partial charge in [0.2, 0.25) is 5.91 Å². The average molecular weight is 285 g/mol. The summed E-state index contributed by atoms with van der Waals surface area (Å²) in [6, 6.07) is 0. The molecule has 3 nitrogen and oxygen atoms in total. The maximum Gasteiger partial charge on any atom is 0.222 e. The number of aliphatic hydroxyl groups is 1. The number of hydrogen-bond acceptors (Lipinski definition) is 2. The van der Waals surface area contributed by atoms with E-state index in [1.165, 1.54) is 12.8 Å². The first kappa shape index (κ1) is 19.4. The minimum absolute atomic E-state index is 0.0289. The minimum Gasteiger partial charge on any atom is -0.393 e. The van der Waals surface area contributed by atoms with Crippen LogP contribution in [0.15, 0.2) is 0 Å². The first-order valence-corrected chi connectivity index (χ1v) is 8.10. The molecule has 0 aromatic rings. The van der Waals surface area contributed by atoms with E-state index in [2.05, 4.69) is 26.1 Å². The third-order valence-corrected chi connectivity index (χ3v) is 4.65. The second kappa shape index (κ2) is 9.38. The van der Waals surface area contributed by atoms with Crippen molar-refractivity contribution in [2.75, 3.05) is 7.05 Å². The van der Waals surface area contributed by atoms with Gasteiger partial charge in [-0.2, -0.15) is 0 Å². The highest BCUT2D eigenvalue weighted by Crippen LogP contribution is 2.33. The van der Waals surface area contributed by atoms with Gasteiger partial charge in [-0.05, 0) is 36.5 Å². The quantitative estimate of drug-likeness (QED) is 0.834. The predicted molar refractivity (Wildman–Crippen MR) is 85.4 cm³/mol. The molecule has 0 heterocycles. The summed E-state index contributed by atoms with van der Waals surface area (Å²) in [6.45, 7) is 12.7. The maximum absolute atomic E-state index is 10.8. The SMILES string of the molecule is CC1CCC(C(C)C)C(O)C1.CNC(=O)C(C)C(C)C. The van der Waals surface area contributed by atoms with Crippen molar-refractivity contribution in [1.29, 1.82) is 0 Å². The molecule has 1 fully saturated rings. The Kier molecular flexibility index (Phi) is 9.11. The molecule has 0 aromatic heterocycles. The molecule has 3 heteroatoms. The Morgan fingerprint density at radius 3 is 2.00 bits per heavy atom. The summed E-state index contributed by atoms with van der Waals surface area (Å²) in [5.74, 6) is 2.65. The highest BCUT2D eigenvalue weighted by Gasteiger charge is 2.28. The Hall–Kier alpha value is -0.570. The summed E-state index contributed by atoms with van der Waals surface area (Å²) in [6.07, 6.45) is 3.52. The molecule has 1 aliphatic rings. The van der Waals surface area contributed by atoms with Gasteiger partial charge >= 0.3 is 0 Å². The van der Waals surface area contributed by atoms with E-state index in [9.17, 15) is 9.90 Å². The Morgan fingerprint density at radius 1 is 1.15 bits per heavy atom. The van der Waals surface area contributed by atoms with Crippen LogP contribution in [-0.4, -0.2) is 24.2 Å². The molecule has 0 aromatic carbocycles. The Balaban J connectivity index is 0.000000370. The van der Waals surface area contributed by atoms with Gasteiger partial charge in [0.1, 0.15) is 0 Å². The molecule has 20 heavy (non-hydrogen) atoms. The number of carbonyl (C=O) groups is 1. The van der Waals surface area contributed by atoms with Crippen molar-refractivity contribution in [3.05, 3.63) is 0 Å². The Morgan fingerprint density at radius 2 is 1.70 bits per heavy atom. The summed E-state index contributed by atoms with van der Waals surface area (Å²) in [7, 11) is 1.67. The van der Waals surface area contributed by atoms with Crippen molar-refractivity contribution < 1.29 is 9.90 Å². The van der Waals surface area contributed by atoms with Gasteiger partial charge in [-0.3, -0.25) is 4.79 Å². The predicted octanol–water partition coefficient (Wildman–Crippen LogP) is 3.46. The van der Waals surface area contributed by atoms with Crippen LogP contribution in [0.3, 0.4) is 0 Å². The highest BCUT2D eigenvalue weighted by molar-refractivity contribution is 5.78. The van der Waals surface area contributed by atoms with Crippen molar-refractivity contribution in [2.45, 2.75) is 66.9 Å². The molecule has 2 N–H and O–H groups in total. The van der Waals surface area contributed by atoms with Gasteiger partial charge < -0.3 is 10.4 Å². The number of hydrogen-bond donors (Lipinski definition) is 2. The van der Waals surface area contributed by atoms with E-state index in [1.807, 2.05) is 20.8 Å². The topological polar surface area (TPSA) is 49.3 Å². The van der Waals surface area contributed by atoms with Crippen molar-refractivity contribution >= 4 is 5.91 Å². The van der Waals surface area contributed by atoms with Gasteiger partial charge in [0, 0.05) is 13.0 Å². The van der Waals surface area contributed by atoms with Gasteiger partial charge in [0.15, 0.2) is 0 Å². The number of carbonyl (C=O) groups excluding carboxylic acids is 1. The number of rotatable bonds is 3. The third kappa shape index (κ3) is 6.74. The molecule has 0 spiro atoms. The highest BCUT2D eigenvalue weighted by atomic mass is 16.3. The van der Waals surface area contributed by atoms with E-state index in [-0.39, 0.29) is 17.9 Å². The number of amides is 1. The molecule has 4 atom stereocenters. The number of aliphatic hydroxyl groups excluding tert-OH is 1. The fraction of sp³-hybridized carbons (Fsp3) is 0.941. The molecule has 1 amide bonds. The van der Waals surface area contributed by atoms with Gasteiger partial charge in [-0.25, -0.2) is 0 Å². The second-order valence-corrected chi connectivity index (χ2v) is 7.04. The molecule has 0 radical (unpaired) electrons. The maximum atomic E-state index is 10.8. The van der Waals surface area contributed by atoms with Gasteiger partial charge in [-0.1, -0.05) is 48.0 Å². The van der Waals surface area contributed by atoms with Crippen LogP contribution >= 0.6 is 0 Å². The van der Waals surface area contributed by atoms with Crippen LogP contribution in [0, 0.1) is 29.6 Å². The van der Waals surface area contributed by atoms with Crippen molar-refractivity contribution in [1.82, 2.24) is 5.32 Å². The lowest BCUT2D eigenvalue weighted by atomic mass is 9.75. The van der Waals surface area contributed by atoms with Gasteiger partial charge in [0.05, 0.1) is 6.10 Å². The third-order valence-electron chi connectivity index (χ3n) is 4.65. The lowest BCUT2D eigenvalue weighted by Gasteiger charge is -2.33. The summed E-state index contributed by atoms with van der Waals surface area (Å²) in [4.78, 5) is 10.8. The molecular formula is C17H35NO2. The lowest BCUT2D eigenvalue weighted by molar-refractivity contribution is -0.125. The fourth-order valence-corrected chi connectivity index (χ4v) is 2.68. The van der Waals surface area contributed by atoms with Crippen molar-refractivity contribution in [3.63, 3.8) is 0 Å². The van der Waals surface area contributed by atoms with E-state index in [1.54, 1.807) is 7.05 Å². The van der Waals surface area contributed by atoms with Crippen molar-refractivity contribution in [3.8, 4) is 0 Å². The molecular weight excluding hydrogens is 250 g/mol. The zero-order valence-electron chi connectivity index (χ0n) is 14.4. The molecule has 1 saturated carbocycles.